The summed E-state index contributed by atoms with van der Waals surface area (Å²) in [6, 6.07) is 13.1. The average molecular weight is 499 g/mol. The van der Waals surface area contributed by atoms with Gasteiger partial charge in [-0.2, -0.15) is 8.42 Å². The zero-order chi connectivity index (χ0) is 25.2. The van der Waals surface area contributed by atoms with E-state index in [9.17, 15) is 13.5 Å². The van der Waals surface area contributed by atoms with E-state index in [1.54, 1.807) is 13.3 Å². The third-order valence-corrected chi connectivity index (χ3v) is 7.86. The largest absolute Gasteiger partial charge is 0.506 e. The van der Waals surface area contributed by atoms with E-state index >= 15 is 0 Å². The van der Waals surface area contributed by atoms with Gasteiger partial charge < -0.3 is 14.9 Å². The van der Waals surface area contributed by atoms with Crippen molar-refractivity contribution in [1.29, 1.82) is 0 Å². The summed E-state index contributed by atoms with van der Waals surface area (Å²) in [4.78, 5) is 6.39. The lowest BCUT2D eigenvalue weighted by atomic mass is 9.73. The normalized spacial score (nSPS) is 24.3. The lowest BCUT2D eigenvalue weighted by molar-refractivity contribution is -0.0444. The number of aromatic hydroxyl groups is 1. The van der Waals surface area contributed by atoms with E-state index < -0.39 is 26.9 Å². The van der Waals surface area contributed by atoms with Crippen molar-refractivity contribution < 1.29 is 27.9 Å². The quantitative estimate of drug-likeness (QED) is 0.359. The van der Waals surface area contributed by atoms with Gasteiger partial charge in [-0.05, 0) is 73.2 Å². The van der Waals surface area contributed by atoms with Crippen molar-refractivity contribution in [3.8, 4) is 11.5 Å². The molecule has 2 aromatic carbocycles. The van der Waals surface area contributed by atoms with Crippen molar-refractivity contribution in [2.24, 2.45) is 11.8 Å². The molecule has 3 aliphatic heterocycles. The highest BCUT2D eigenvalue weighted by Gasteiger charge is 2.42. The van der Waals surface area contributed by atoms with Crippen molar-refractivity contribution in [1.82, 2.24) is 9.88 Å². The van der Waals surface area contributed by atoms with E-state index in [1.807, 2.05) is 24.3 Å². The average Bonchev–Trinajstić information content (AvgIpc) is 2.87. The Morgan fingerprint density at radius 3 is 2.60 bits per heavy atom. The molecule has 8 nitrogen and oxygen atoms in total. The Morgan fingerprint density at radius 1 is 1.23 bits per heavy atom. The number of ether oxygens (including phenoxy) is 1. The second-order valence-corrected chi connectivity index (χ2v) is 10.3. The summed E-state index contributed by atoms with van der Waals surface area (Å²) in [6.07, 6.45) is 5.62. The standard InChI is InChI=1S/C20H24N2O2.C6H6O4S/c1-3-13-12-22-9-7-14(13)10-19(22)20(23)16-6-8-21-18-5-4-15(24-2)11-17(16)18;7-5-3-1-2-4-6(5)11(8,9)10/h3-6,8,11,13-14,19-20,23H,1,7,9-10,12H2,2H3;1-4,7H,(H,8,9,10)/t13-,14-,19-,20+;/m0./s1. The molecule has 0 aliphatic carbocycles. The third-order valence-electron chi connectivity index (χ3n) is 6.96. The van der Waals surface area contributed by atoms with Crippen LogP contribution in [0.4, 0.5) is 0 Å². The Labute approximate surface area is 205 Å². The summed E-state index contributed by atoms with van der Waals surface area (Å²) in [6.45, 7) is 6.07. The minimum Gasteiger partial charge on any atom is -0.506 e. The number of rotatable bonds is 5. The van der Waals surface area contributed by atoms with Crippen molar-refractivity contribution in [2.45, 2.75) is 29.9 Å². The van der Waals surface area contributed by atoms with Crippen molar-refractivity contribution in [2.75, 3.05) is 20.2 Å². The molecule has 4 heterocycles. The van der Waals surface area contributed by atoms with Crippen LogP contribution in [0.1, 0.15) is 24.5 Å². The number of aliphatic hydroxyl groups is 1. The summed E-state index contributed by atoms with van der Waals surface area (Å²) in [7, 11) is -2.62. The Morgan fingerprint density at radius 2 is 2.00 bits per heavy atom. The second kappa shape index (κ2) is 10.3. The van der Waals surface area contributed by atoms with E-state index in [1.165, 1.54) is 24.6 Å². The SMILES string of the molecule is C=C[C@H]1C[N@]2CC[C@H]1C[C@H]2[C@H](O)c1ccnc2ccc(OC)cc12.O=S(=O)(O)c1ccccc1O. The first kappa shape index (κ1) is 25.1. The summed E-state index contributed by atoms with van der Waals surface area (Å²) in [5.41, 5.74) is 1.85. The highest BCUT2D eigenvalue weighted by molar-refractivity contribution is 7.86. The van der Waals surface area contributed by atoms with Gasteiger partial charge in [0, 0.05) is 24.2 Å². The van der Waals surface area contributed by atoms with Crippen LogP contribution in [0.5, 0.6) is 11.5 Å². The predicted octanol–water partition coefficient (Wildman–Crippen LogP) is 3.81. The number of methoxy groups -OCH3 is 1. The first-order valence-electron chi connectivity index (χ1n) is 11.5. The molecule has 2 bridgehead atoms. The smallest absolute Gasteiger partial charge is 0.298 e. The van der Waals surface area contributed by atoms with Gasteiger partial charge in [0.15, 0.2) is 0 Å². The Hall–Kier alpha value is -2.98. The van der Waals surface area contributed by atoms with Gasteiger partial charge in [0.05, 0.1) is 18.7 Å². The molecule has 3 N–H and O–H groups in total. The van der Waals surface area contributed by atoms with E-state index in [0.717, 1.165) is 47.8 Å². The van der Waals surface area contributed by atoms with E-state index in [2.05, 4.69) is 22.5 Å². The molecule has 0 radical (unpaired) electrons. The molecule has 0 spiro atoms. The number of benzene rings is 2. The zero-order valence-corrected chi connectivity index (χ0v) is 20.3. The highest BCUT2D eigenvalue weighted by Crippen LogP contribution is 2.42. The minimum atomic E-state index is -4.28. The molecule has 5 atom stereocenters. The summed E-state index contributed by atoms with van der Waals surface area (Å²) >= 11 is 0. The van der Waals surface area contributed by atoms with Gasteiger partial charge in [0.25, 0.3) is 10.1 Å². The predicted molar refractivity (Wildman–Crippen MR) is 133 cm³/mol. The number of nitrogens with zero attached hydrogens (tertiary/aromatic N) is 2. The summed E-state index contributed by atoms with van der Waals surface area (Å²) in [5.74, 6) is 1.56. The number of para-hydroxylation sites is 1. The number of phenolic OH excluding ortho intramolecular Hbond substituents is 1. The van der Waals surface area contributed by atoms with Crippen LogP contribution < -0.4 is 4.74 Å². The molecule has 35 heavy (non-hydrogen) atoms. The number of fused-ring (bicyclic) bond motifs is 4. The fraction of sp³-hybridized carbons (Fsp3) is 0.346. The number of hydrogen-bond acceptors (Lipinski definition) is 7. The molecule has 3 saturated heterocycles. The van der Waals surface area contributed by atoms with Gasteiger partial charge in [0.2, 0.25) is 0 Å². The molecule has 1 aromatic heterocycles. The van der Waals surface area contributed by atoms with Crippen LogP contribution in [0, 0.1) is 11.8 Å². The number of aliphatic hydroxyl groups excluding tert-OH is 1. The maximum absolute atomic E-state index is 11.2. The molecular formula is C26H30N2O6S. The van der Waals surface area contributed by atoms with E-state index in [-0.39, 0.29) is 6.04 Å². The fourth-order valence-corrected chi connectivity index (χ4v) is 5.70. The Kier molecular flexibility index (Phi) is 7.42. The van der Waals surface area contributed by atoms with Crippen molar-refractivity contribution in [3.05, 3.63) is 72.9 Å². The molecule has 186 valence electrons. The molecule has 0 unspecified atom stereocenters. The minimum absolute atomic E-state index is 0.178. The first-order chi connectivity index (χ1) is 16.7. The van der Waals surface area contributed by atoms with Crippen LogP contribution in [0.25, 0.3) is 10.9 Å². The Balaban J connectivity index is 0.000000221. The first-order valence-corrected chi connectivity index (χ1v) is 12.9. The van der Waals surface area contributed by atoms with E-state index in [0.29, 0.717) is 11.8 Å². The maximum Gasteiger partial charge on any atom is 0.298 e. The molecule has 0 amide bonds. The van der Waals surface area contributed by atoms with Crippen LogP contribution in [0.2, 0.25) is 0 Å². The van der Waals surface area contributed by atoms with Crippen LogP contribution in [0.15, 0.2) is 72.3 Å². The molecular weight excluding hydrogens is 468 g/mol. The topological polar surface area (TPSA) is 120 Å². The van der Waals surface area contributed by atoms with Gasteiger partial charge >= 0.3 is 0 Å². The maximum atomic E-state index is 11.2. The number of piperidine rings is 3. The summed E-state index contributed by atoms with van der Waals surface area (Å²) in [5, 5.41) is 21.0. The van der Waals surface area contributed by atoms with Crippen molar-refractivity contribution in [3.63, 3.8) is 0 Å². The molecule has 3 aromatic rings. The molecule has 9 heteroatoms. The van der Waals surface area contributed by atoms with Gasteiger partial charge in [0.1, 0.15) is 16.4 Å². The van der Waals surface area contributed by atoms with E-state index in [4.69, 9.17) is 14.4 Å². The third kappa shape index (κ3) is 5.33. The van der Waals surface area contributed by atoms with Crippen molar-refractivity contribution >= 4 is 21.0 Å². The zero-order valence-electron chi connectivity index (χ0n) is 19.5. The molecule has 6 rings (SSSR count). The summed E-state index contributed by atoms with van der Waals surface area (Å²) < 4.78 is 34.7. The van der Waals surface area contributed by atoms with Gasteiger partial charge in [-0.25, -0.2) is 0 Å². The molecule has 3 fully saturated rings. The Bertz CT molecular complexity index is 1310. The second-order valence-electron chi connectivity index (χ2n) is 8.92. The lowest BCUT2D eigenvalue weighted by Gasteiger charge is -2.50. The lowest BCUT2D eigenvalue weighted by Crippen LogP contribution is -2.54. The number of aromatic nitrogens is 1. The number of hydrogen-bond donors (Lipinski definition) is 3. The van der Waals surface area contributed by atoms with Gasteiger partial charge in [-0.15, -0.1) is 6.58 Å². The number of pyridine rings is 1. The molecule has 0 saturated carbocycles. The van der Waals surface area contributed by atoms with Gasteiger partial charge in [-0.3, -0.25) is 14.4 Å². The van der Waals surface area contributed by atoms with Crippen LogP contribution in [0.3, 0.4) is 0 Å². The fourth-order valence-electron chi connectivity index (χ4n) is 5.12. The monoisotopic (exact) mass is 498 g/mol. The van der Waals surface area contributed by atoms with Gasteiger partial charge in [-0.1, -0.05) is 18.2 Å². The van der Waals surface area contributed by atoms with Crippen LogP contribution in [-0.4, -0.2) is 59.3 Å². The van der Waals surface area contributed by atoms with Crippen LogP contribution >= 0.6 is 0 Å². The molecule has 3 aliphatic rings. The number of phenols is 1. The van der Waals surface area contributed by atoms with Crippen LogP contribution in [-0.2, 0) is 10.1 Å². The highest BCUT2D eigenvalue weighted by atomic mass is 32.2.